The molecule has 1 aliphatic heterocycles. The number of nitrogens with zero attached hydrogens (tertiary/aromatic N) is 2. The first kappa shape index (κ1) is 30.3. The quantitative estimate of drug-likeness (QED) is 0.159. The van der Waals surface area contributed by atoms with Crippen molar-refractivity contribution in [1.29, 1.82) is 0 Å². The highest BCUT2D eigenvalue weighted by Gasteiger charge is 2.31. The van der Waals surface area contributed by atoms with Crippen LogP contribution in [0.25, 0.3) is 0 Å². The van der Waals surface area contributed by atoms with Crippen LogP contribution < -0.4 is 21.7 Å². The van der Waals surface area contributed by atoms with E-state index in [9.17, 15) is 23.6 Å². The summed E-state index contributed by atoms with van der Waals surface area (Å²) in [5, 5.41) is 8.73. The highest BCUT2D eigenvalue weighted by molar-refractivity contribution is 6.04. The molecule has 0 unspecified atom stereocenters. The van der Waals surface area contributed by atoms with Gasteiger partial charge >= 0.3 is 12.1 Å². The van der Waals surface area contributed by atoms with Gasteiger partial charge in [0.15, 0.2) is 11.6 Å². The van der Waals surface area contributed by atoms with Crippen molar-refractivity contribution in [2.75, 3.05) is 25.5 Å². The van der Waals surface area contributed by atoms with Crippen molar-refractivity contribution in [3.63, 3.8) is 0 Å². The van der Waals surface area contributed by atoms with Crippen LogP contribution in [0.5, 0.6) is 0 Å². The third-order valence-corrected chi connectivity index (χ3v) is 6.97. The minimum absolute atomic E-state index is 0.0100. The van der Waals surface area contributed by atoms with Gasteiger partial charge in [0.1, 0.15) is 5.82 Å². The van der Waals surface area contributed by atoms with Crippen molar-refractivity contribution in [2.24, 2.45) is 16.6 Å². The number of piperidine rings is 1. The van der Waals surface area contributed by atoms with E-state index in [4.69, 9.17) is 5.73 Å². The minimum atomic E-state index is -0.911. The number of anilines is 1. The van der Waals surface area contributed by atoms with Crippen molar-refractivity contribution in [3.8, 4) is 0 Å². The van der Waals surface area contributed by atoms with Crippen LogP contribution in [0.15, 0.2) is 47.5 Å². The summed E-state index contributed by atoms with van der Waals surface area (Å²) in [6, 6.07) is 10.2. The van der Waals surface area contributed by atoms with E-state index in [1.165, 1.54) is 32.0 Å². The molecule has 2 atom stereocenters. The number of guanidine groups is 1. The van der Waals surface area contributed by atoms with Crippen LogP contribution in [0, 0.1) is 11.7 Å². The largest absolute Gasteiger partial charge is 0.356 e. The maximum atomic E-state index is 13.3. The number of likely N-dealkylation sites (tertiary alicyclic amines) is 1. The molecule has 10 nitrogen and oxygen atoms in total. The molecule has 2 aromatic rings. The lowest BCUT2D eigenvalue weighted by Gasteiger charge is -2.39. The summed E-state index contributed by atoms with van der Waals surface area (Å²) in [4.78, 5) is 53.6. The van der Waals surface area contributed by atoms with Crippen molar-refractivity contribution in [3.05, 3.63) is 65.0 Å². The van der Waals surface area contributed by atoms with Crippen molar-refractivity contribution in [2.45, 2.75) is 52.0 Å². The molecule has 3 rings (SSSR count). The van der Waals surface area contributed by atoms with Gasteiger partial charge in [0.25, 0.3) is 0 Å². The lowest BCUT2D eigenvalue weighted by atomic mass is 9.84. The molecule has 1 heterocycles. The number of nitrogens with two attached hydrogens (primary N) is 1. The number of hydrogen-bond donors (Lipinski definition) is 4. The molecule has 11 heteroatoms. The normalized spacial score (nSPS) is 17.2. The first-order chi connectivity index (χ1) is 19.0. The van der Waals surface area contributed by atoms with Crippen LogP contribution in [-0.4, -0.2) is 60.7 Å². The molecule has 214 valence electrons. The average Bonchev–Trinajstić information content (AvgIpc) is 2.91. The van der Waals surface area contributed by atoms with E-state index < -0.39 is 6.03 Å². The summed E-state index contributed by atoms with van der Waals surface area (Å²) in [6.45, 7) is 3.85. The van der Waals surface area contributed by atoms with Crippen molar-refractivity contribution < 1.29 is 23.6 Å². The zero-order valence-corrected chi connectivity index (χ0v) is 23.1. The average molecular weight is 553 g/mol. The van der Waals surface area contributed by atoms with Crippen molar-refractivity contribution in [1.82, 2.24) is 15.5 Å². The van der Waals surface area contributed by atoms with Crippen LogP contribution in [0.2, 0.25) is 0 Å². The number of aliphatic imine (C=N–C) groups is 1. The summed E-state index contributed by atoms with van der Waals surface area (Å²) in [6.07, 6.45) is 3.86. The number of primary amides is 1. The van der Waals surface area contributed by atoms with Gasteiger partial charge in [-0.1, -0.05) is 12.1 Å². The molecule has 0 radical (unpaired) electrons. The van der Waals surface area contributed by atoms with Gasteiger partial charge < -0.3 is 26.6 Å². The molecule has 0 saturated carbocycles. The van der Waals surface area contributed by atoms with Crippen molar-refractivity contribution >= 4 is 35.3 Å². The number of nitrogens with one attached hydrogen (secondary N) is 3. The molecule has 1 saturated heterocycles. The Morgan fingerprint density at radius 1 is 1.05 bits per heavy atom. The van der Waals surface area contributed by atoms with Gasteiger partial charge in [-0.3, -0.25) is 9.59 Å². The number of benzene rings is 2. The molecule has 2 aromatic carbocycles. The number of hydrogen-bond acceptors (Lipinski definition) is 4. The topological polar surface area (TPSA) is 146 Å². The number of urea groups is 2. The van der Waals surface area contributed by atoms with Crippen LogP contribution in [0.4, 0.5) is 19.7 Å². The smallest absolute Gasteiger partial charge is 0.341 e. The van der Waals surface area contributed by atoms with Crippen LogP contribution in [0.3, 0.4) is 0 Å². The van der Waals surface area contributed by atoms with Gasteiger partial charge in [-0.2, -0.15) is 4.99 Å². The zero-order valence-electron chi connectivity index (χ0n) is 23.1. The molecule has 0 aromatic heterocycles. The lowest BCUT2D eigenvalue weighted by molar-refractivity contribution is 0.101. The van der Waals surface area contributed by atoms with E-state index in [-0.39, 0.29) is 35.4 Å². The fourth-order valence-corrected chi connectivity index (χ4v) is 4.97. The summed E-state index contributed by atoms with van der Waals surface area (Å²) in [5.41, 5.74) is 7.46. The Hall–Kier alpha value is -4.28. The Kier molecular flexibility index (Phi) is 10.7. The minimum Gasteiger partial charge on any atom is -0.356 e. The second-order valence-corrected chi connectivity index (χ2v) is 10.0. The van der Waals surface area contributed by atoms with Crippen LogP contribution in [0.1, 0.15) is 65.8 Å². The van der Waals surface area contributed by atoms with Gasteiger partial charge in [0, 0.05) is 43.0 Å². The van der Waals surface area contributed by atoms with Crippen LogP contribution >= 0.6 is 0 Å². The second-order valence-electron chi connectivity index (χ2n) is 10.0. The molecule has 5 N–H and O–H groups in total. The first-order valence-electron chi connectivity index (χ1n) is 13.3. The molecule has 0 aliphatic carbocycles. The third kappa shape index (κ3) is 8.89. The third-order valence-electron chi connectivity index (χ3n) is 6.97. The number of halogens is 1. The highest BCUT2D eigenvalue weighted by atomic mass is 19.1. The lowest BCUT2D eigenvalue weighted by Crippen LogP contribution is -2.50. The fourth-order valence-electron chi connectivity index (χ4n) is 4.97. The number of carbonyl (C=O) groups excluding carboxylic acids is 4. The Labute approximate surface area is 233 Å². The van der Waals surface area contributed by atoms with Crippen LogP contribution in [-0.2, 0) is 6.42 Å². The molecule has 40 heavy (non-hydrogen) atoms. The van der Waals surface area contributed by atoms with E-state index in [1.54, 1.807) is 31.3 Å². The van der Waals surface area contributed by atoms with E-state index in [0.29, 0.717) is 48.7 Å². The van der Waals surface area contributed by atoms with Gasteiger partial charge in [-0.25, -0.2) is 14.0 Å². The van der Waals surface area contributed by atoms with Gasteiger partial charge in [-0.05, 0) is 87.8 Å². The maximum absolute atomic E-state index is 13.3. The van der Waals surface area contributed by atoms with E-state index in [2.05, 4.69) is 20.9 Å². The number of Topliss-reactive ketones (excluding diaryl/α,β-unsaturated/α-hetero) is 2. The maximum Gasteiger partial charge on any atom is 0.341 e. The molecular formula is C29H37FN6O4. The molecule has 1 fully saturated rings. The summed E-state index contributed by atoms with van der Waals surface area (Å²) in [5.74, 6) is -0.231. The predicted molar refractivity (Wildman–Crippen MR) is 152 cm³/mol. The van der Waals surface area contributed by atoms with Gasteiger partial charge in [0.2, 0.25) is 5.96 Å². The SMILES string of the molecule is CNC(=O)N1CC[C@@H](Cc2ccc(F)cc2)C[C@@H]1CCCN/C(=N\C(N)=O)Nc1cc(C(C)=O)cc(C(C)=O)c1. The molecule has 4 amide bonds. The standard InChI is InChI=1S/C29H37FN6O4/c1-18(37)22-15-23(19(2)38)17-25(16-22)34-28(35-27(31)39)33-11-4-5-26-14-21(10-12-36(26)29(40)32-3)13-20-6-8-24(30)9-7-20/h6-9,15-17,21,26H,4-5,10-14H2,1-3H3,(H,32,40)(H4,31,33,34,35,39)/t21-,26-/m0/s1. The Bertz CT molecular complexity index is 1230. The van der Waals surface area contributed by atoms with Gasteiger partial charge in [-0.15, -0.1) is 0 Å². The molecule has 1 aliphatic rings. The summed E-state index contributed by atoms with van der Waals surface area (Å²) >= 11 is 0. The zero-order chi connectivity index (χ0) is 29.2. The van der Waals surface area contributed by atoms with E-state index >= 15 is 0 Å². The Balaban J connectivity index is 1.64. The summed E-state index contributed by atoms with van der Waals surface area (Å²) in [7, 11) is 1.61. The fraction of sp³-hybridized carbons (Fsp3) is 0.414. The van der Waals surface area contributed by atoms with Gasteiger partial charge in [0.05, 0.1) is 0 Å². The number of amides is 4. The number of rotatable bonds is 9. The first-order valence-corrected chi connectivity index (χ1v) is 13.3. The number of carbonyl (C=O) groups is 4. The predicted octanol–water partition coefficient (Wildman–Crippen LogP) is 4.11. The monoisotopic (exact) mass is 552 g/mol. The second kappa shape index (κ2) is 14.2. The Morgan fingerprint density at radius 2 is 1.70 bits per heavy atom. The highest BCUT2D eigenvalue weighted by Crippen LogP contribution is 2.28. The molecular weight excluding hydrogens is 515 g/mol. The number of ketones is 2. The molecule has 0 bridgehead atoms. The Morgan fingerprint density at radius 3 is 2.27 bits per heavy atom. The summed E-state index contributed by atoms with van der Waals surface area (Å²) < 4.78 is 13.3. The van der Waals surface area contributed by atoms with E-state index in [0.717, 1.165) is 24.8 Å². The van der Waals surface area contributed by atoms with E-state index in [1.807, 2.05) is 4.90 Å². The molecule has 0 spiro atoms.